The maximum absolute atomic E-state index is 8.39. The SMILES string of the molecule is C=CC.OC1CNC1. The molecule has 1 heterocycles. The summed E-state index contributed by atoms with van der Waals surface area (Å²) in [4.78, 5) is 0. The first-order valence-electron chi connectivity index (χ1n) is 2.77. The van der Waals surface area contributed by atoms with Gasteiger partial charge in [0.05, 0.1) is 6.10 Å². The van der Waals surface area contributed by atoms with Crippen LogP contribution in [0.25, 0.3) is 0 Å². The third-order valence-corrected chi connectivity index (χ3v) is 0.760. The van der Waals surface area contributed by atoms with E-state index >= 15 is 0 Å². The zero-order valence-corrected chi connectivity index (χ0v) is 5.22. The highest BCUT2D eigenvalue weighted by molar-refractivity contribution is 4.71. The number of hydrogen-bond donors (Lipinski definition) is 2. The second-order valence-electron chi connectivity index (χ2n) is 1.72. The molecule has 0 saturated carbocycles. The minimum Gasteiger partial charge on any atom is -0.390 e. The van der Waals surface area contributed by atoms with E-state index in [1.807, 2.05) is 6.92 Å². The summed E-state index contributed by atoms with van der Waals surface area (Å²) in [6.45, 7) is 6.83. The fourth-order valence-corrected chi connectivity index (χ4v) is 0.273. The standard InChI is InChI=1S/C3H7NO.C3H6/c5-3-1-4-2-3;1-3-2/h3-5H,1-2H2;3H,1H2,2H3. The molecule has 1 saturated heterocycles. The molecule has 1 rings (SSSR count). The highest BCUT2D eigenvalue weighted by Gasteiger charge is 2.10. The third kappa shape index (κ3) is 3.84. The summed E-state index contributed by atoms with van der Waals surface area (Å²) in [5, 5.41) is 11.3. The van der Waals surface area contributed by atoms with Crippen molar-refractivity contribution in [2.75, 3.05) is 13.1 Å². The lowest BCUT2D eigenvalue weighted by Gasteiger charge is -2.20. The summed E-state index contributed by atoms with van der Waals surface area (Å²) in [6.07, 6.45) is 1.70. The van der Waals surface area contributed by atoms with Gasteiger partial charge in [-0.05, 0) is 6.92 Å². The van der Waals surface area contributed by atoms with Crippen LogP contribution in [0, 0.1) is 0 Å². The molecule has 0 atom stereocenters. The Morgan fingerprint density at radius 3 is 2.00 bits per heavy atom. The van der Waals surface area contributed by atoms with E-state index < -0.39 is 0 Å². The minimum absolute atomic E-state index is 0.0463. The summed E-state index contributed by atoms with van der Waals surface area (Å²) in [5.41, 5.74) is 0. The molecule has 0 amide bonds. The van der Waals surface area contributed by atoms with Crippen molar-refractivity contribution in [1.82, 2.24) is 5.32 Å². The van der Waals surface area contributed by atoms with Crippen LogP contribution in [0.3, 0.4) is 0 Å². The Labute approximate surface area is 50.2 Å². The molecule has 48 valence electrons. The molecule has 1 aliphatic rings. The largest absolute Gasteiger partial charge is 0.390 e. The van der Waals surface area contributed by atoms with E-state index in [0.717, 1.165) is 13.1 Å². The van der Waals surface area contributed by atoms with E-state index in [2.05, 4.69) is 11.9 Å². The molecule has 2 nitrogen and oxygen atoms in total. The lowest BCUT2D eigenvalue weighted by atomic mass is 10.2. The molecule has 8 heavy (non-hydrogen) atoms. The maximum Gasteiger partial charge on any atom is 0.0788 e. The van der Waals surface area contributed by atoms with Crippen LogP contribution in [0.15, 0.2) is 12.7 Å². The number of aliphatic hydroxyl groups excluding tert-OH is 1. The molecule has 0 unspecified atom stereocenters. The van der Waals surface area contributed by atoms with E-state index in [-0.39, 0.29) is 6.10 Å². The van der Waals surface area contributed by atoms with Crippen LogP contribution >= 0.6 is 0 Å². The number of β-amino-alcohol motifs (C(OH)–C–C–N with tert-alkyl or cyclic N) is 1. The molecule has 0 aliphatic carbocycles. The highest BCUT2D eigenvalue weighted by Crippen LogP contribution is 1.85. The minimum atomic E-state index is -0.0463. The van der Waals surface area contributed by atoms with Gasteiger partial charge in [-0.3, -0.25) is 0 Å². The van der Waals surface area contributed by atoms with Crippen LogP contribution < -0.4 is 5.32 Å². The molecule has 1 fully saturated rings. The van der Waals surface area contributed by atoms with Gasteiger partial charge in [0.2, 0.25) is 0 Å². The first-order chi connectivity index (χ1) is 3.81. The Hall–Kier alpha value is -0.340. The molecule has 1 aliphatic heterocycles. The fraction of sp³-hybridized carbons (Fsp3) is 0.667. The normalized spacial score (nSPS) is 17.8. The average molecular weight is 115 g/mol. The average Bonchev–Trinajstić information content (AvgIpc) is 1.64. The van der Waals surface area contributed by atoms with E-state index in [1.54, 1.807) is 6.08 Å². The lowest BCUT2D eigenvalue weighted by molar-refractivity contribution is 0.117. The lowest BCUT2D eigenvalue weighted by Crippen LogP contribution is -2.46. The molecule has 0 aromatic carbocycles. The van der Waals surface area contributed by atoms with Gasteiger partial charge >= 0.3 is 0 Å². The zero-order chi connectivity index (χ0) is 6.41. The number of hydrogen-bond acceptors (Lipinski definition) is 2. The van der Waals surface area contributed by atoms with E-state index in [4.69, 9.17) is 5.11 Å². The summed E-state index contributed by atoms with van der Waals surface area (Å²) >= 11 is 0. The number of rotatable bonds is 0. The quantitative estimate of drug-likeness (QED) is 0.440. The topological polar surface area (TPSA) is 32.3 Å². The van der Waals surface area contributed by atoms with E-state index in [1.165, 1.54) is 0 Å². The van der Waals surface area contributed by atoms with Crippen molar-refractivity contribution in [3.63, 3.8) is 0 Å². The van der Waals surface area contributed by atoms with Gasteiger partial charge in [-0.1, -0.05) is 6.08 Å². The summed E-state index contributed by atoms with van der Waals surface area (Å²) in [5.74, 6) is 0. The molecule has 0 aromatic rings. The summed E-state index contributed by atoms with van der Waals surface area (Å²) in [6, 6.07) is 0. The van der Waals surface area contributed by atoms with E-state index in [9.17, 15) is 0 Å². The van der Waals surface area contributed by atoms with Crippen LogP contribution in [0.1, 0.15) is 6.92 Å². The summed E-state index contributed by atoms with van der Waals surface area (Å²) < 4.78 is 0. The van der Waals surface area contributed by atoms with Crippen molar-refractivity contribution in [3.05, 3.63) is 12.7 Å². The highest BCUT2D eigenvalue weighted by atomic mass is 16.3. The monoisotopic (exact) mass is 115 g/mol. The van der Waals surface area contributed by atoms with Crippen molar-refractivity contribution in [2.24, 2.45) is 0 Å². The van der Waals surface area contributed by atoms with Crippen molar-refractivity contribution in [2.45, 2.75) is 13.0 Å². The van der Waals surface area contributed by atoms with Gasteiger partial charge in [-0.25, -0.2) is 0 Å². The number of allylic oxidation sites excluding steroid dienone is 1. The molecule has 0 aromatic heterocycles. The number of aliphatic hydroxyl groups is 1. The maximum atomic E-state index is 8.39. The molecule has 0 bridgehead atoms. The molecule has 2 N–H and O–H groups in total. The van der Waals surface area contributed by atoms with Crippen LogP contribution in [0.4, 0.5) is 0 Å². The molecule has 2 heteroatoms. The Morgan fingerprint density at radius 2 is 2.00 bits per heavy atom. The van der Waals surface area contributed by atoms with Gasteiger partial charge in [0.1, 0.15) is 0 Å². The predicted molar refractivity (Wildman–Crippen MR) is 34.7 cm³/mol. The first-order valence-corrected chi connectivity index (χ1v) is 2.77. The Kier molecular flexibility index (Phi) is 4.61. The number of nitrogens with one attached hydrogen (secondary N) is 1. The third-order valence-electron chi connectivity index (χ3n) is 0.760. The fourth-order valence-electron chi connectivity index (χ4n) is 0.273. The smallest absolute Gasteiger partial charge is 0.0788 e. The van der Waals surface area contributed by atoms with Crippen molar-refractivity contribution in [3.8, 4) is 0 Å². The first kappa shape index (κ1) is 7.66. The second kappa shape index (κ2) is 4.81. The van der Waals surface area contributed by atoms with Gasteiger partial charge < -0.3 is 10.4 Å². The molecule has 0 spiro atoms. The van der Waals surface area contributed by atoms with Gasteiger partial charge in [0, 0.05) is 13.1 Å². The van der Waals surface area contributed by atoms with Crippen molar-refractivity contribution >= 4 is 0 Å². The predicted octanol–water partition coefficient (Wildman–Crippen LogP) is 0.143. The second-order valence-corrected chi connectivity index (χ2v) is 1.72. The Balaban J connectivity index is 0.000000145. The molecule has 0 radical (unpaired) electrons. The Morgan fingerprint density at radius 1 is 1.75 bits per heavy atom. The summed E-state index contributed by atoms with van der Waals surface area (Å²) in [7, 11) is 0. The van der Waals surface area contributed by atoms with Crippen LogP contribution in [-0.4, -0.2) is 24.3 Å². The van der Waals surface area contributed by atoms with Crippen molar-refractivity contribution < 1.29 is 5.11 Å². The van der Waals surface area contributed by atoms with Crippen LogP contribution in [-0.2, 0) is 0 Å². The van der Waals surface area contributed by atoms with Gasteiger partial charge in [0.15, 0.2) is 0 Å². The molecular weight excluding hydrogens is 102 g/mol. The zero-order valence-electron chi connectivity index (χ0n) is 5.22. The van der Waals surface area contributed by atoms with Gasteiger partial charge in [-0.2, -0.15) is 0 Å². The molecular formula is C6H13NO. The van der Waals surface area contributed by atoms with E-state index in [0.29, 0.717) is 0 Å². The van der Waals surface area contributed by atoms with Gasteiger partial charge in [0.25, 0.3) is 0 Å². The van der Waals surface area contributed by atoms with Crippen molar-refractivity contribution in [1.29, 1.82) is 0 Å². The van der Waals surface area contributed by atoms with Gasteiger partial charge in [-0.15, -0.1) is 6.58 Å². The van der Waals surface area contributed by atoms with Crippen LogP contribution in [0.2, 0.25) is 0 Å². The Bertz CT molecular complexity index is 59.5. The van der Waals surface area contributed by atoms with Crippen LogP contribution in [0.5, 0.6) is 0 Å².